The number of aromatic amines is 1. The molecule has 3 rings (SSSR count). The molecule has 0 aliphatic rings. The number of amides is 1. The molecule has 0 saturated carbocycles. The molecule has 0 spiro atoms. The van der Waals surface area contributed by atoms with E-state index >= 15 is 0 Å². The van der Waals surface area contributed by atoms with Crippen molar-refractivity contribution in [1.29, 1.82) is 5.26 Å². The fraction of sp³-hybridized carbons (Fsp3) is 0.143. The second kappa shape index (κ2) is 8.93. The van der Waals surface area contributed by atoms with Gasteiger partial charge in [0.05, 0.1) is 0 Å². The maximum absolute atomic E-state index is 12.2. The molecular weight excluding hydrogens is 360 g/mol. The van der Waals surface area contributed by atoms with Gasteiger partial charge in [-0.25, -0.2) is 0 Å². The van der Waals surface area contributed by atoms with E-state index in [0.29, 0.717) is 11.6 Å². The molecule has 0 atom stereocenters. The van der Waals surface area contributed by atoms with Crippen LogP contribution >= 0.6 is 11.6 Å². The van der Waals surface area contributed by atoms with Crippen LogP contribution in [-0.2, 0) is 17.8 Å². The third-order valence-electron chi connectivity index (χ3n) is 4.22. The first-order valence-electron chi connectivity index (χ1n) is 8.59. The van der Waals surface area contributed by atoms with E-state index in [1.807, 2.05) is 48.7 Å². The Morgan fingerprint density at radius 2 is 1.93 bits per heavy atom. The molecular formula is C21H19ClN4O. The average molecular weight is 379 g/mol. The number of nitrogens with one attached hydrogen (secondary N) is 3. The molecule has 0 bridgehead atoms. The Kier molecular flexibility index (Phi) is 6.14. The van der Waals surface area contributed by atoms with Gasteiger partial charge in [-0.1, -0.05) is 48.0 Å². The molecule has 1 heterocycles. The highest BCUT2D eigenvalue weighted by Crippen LogP contribution is 2.17. The maximum Gasteiger partial charge on any atom is 0.263 e. The van der Waals surface area contributed by atoms with Crippen LogP contribution in [-0.4, -0.2) is 17.4 Å². The van der Waals surface area contributed by atoms with Crippen LogP contribution in [0.4, 0.5) is 0 Å². The highest BCUT2D eigenvalue weighted by molar-refractivity contribution is 6.31. The van der Waals surface area contributed by atoms with Crippen molar-refractivity contribution in [3.63, 3.8) is 0 Å². The van der Waals surface area contributed by atoms with Crippen LogP contribution < -0.4 is 10.6 Å². The predicted molar refractivity (Wildman–Crippen MR) is 107 cm³/mol. The van der Waals surface area contributed by atoms with Crippen LogP contribution in [0, 0.1) is 11.3 Å². The van der Waals surface area contributed by atoms with E-state index in [2.05, 4.69) is 21.7 Å². The maximum atomic E-state index is 12.2. The summed E-state index contributed by atoms with van der Waals surface area (Å²) in [6.07, 6.45) is 4.22. The molecule has 27 heavy (non-hydrogen) atoms. The second-order valence-corrected chi connectivity index (χ2v) is 6.41. The first-order chi connectivity index (χ1) is 13.2. The molecule has 0 saturated heterocycles. The number of fused-ring (bicyclic) bond motifs is 1. The molecule has 1 aromatic heterocycles. The van der Waals surface area contributed by atoms with Crippen LogP contribution in [0.1, 0.15) is 11.1 Å². The number of aromatic nitrogens is 1. The molecule has 2 aromatic carbocycles. The predicted octanol–water partition coefficient (Wildman–Crippen LogP) is 3.68. The number of para-hydroxylation sites is 1. The fourth-order valence-electron chi connectivity index (χ4n) is 2.78. The van der Waals surface area contributed by atoms with Crippen molar-refractivity contribution >= 4 is 28.4 Å². The molecule has 0 aliphatic heterocycles. The number of hydrogen-bond acceptors (Lipinski definition) is 3. The number of rotatable bonds is 7. The quantitative estimate of drug-likeness (QED) is 0.333. The average Bonchev–Trinajstić information content (AvgIpc) is 3.10. The minimum atomic E-state index is -0.433. The molecule has 136 valence electrons. The van der Waals surface area contributed by atoms with Crippen LogP contribution in [0.2, 0.25) is 5.02 Å². The van der Waals surface area contributed by atoms with Crippen molar-refractivity contribution in [2.75, 3.05) is 6.54 Å². The Bertz CT molecular complexity index is 1020. The molecule has 3 aromatic rings. The second-order valence-electron chi connectivity index (χ2n) is 6.01. The summed E-state index contributed by atoms with van der Waals surface area (Å²) in [5, 5.41) is 16.7. The van der Waals surface area contributed by atoms with E-state index in [9.17, 15) is 10.1 Å². The summed E-state index contributed by atoms with van der Waals surface area (Å²) in [6, 6.07) is 17.3. The summed E-state index contributed by atoms with van der Waals surface area (Å²) in [5.74, 6) is -0.433. The summed E-state index contributed by atoms with van der Waals surface area (Å²) in [4.78, 5) is 15.4. The van der Waals surface area contributed by atoms with Gasteiger partial charge in [-0.2, -0.15) is 5.26 Å². The lowest BCUT2D eigenvalue weighted by molar-refractivity contribution is -0.117. The van der Waals surface area contributed by atoms with Crippen LogP contribution in [0.5, 0.6) is 0 Å². The van der Waals surface area contributed by atoms with Gasteiger partial charge >= 0.3 is 0 Å². The fourth-order valence-corrected chi connectivity index (χ4v) is 2.98. The number of carbonyl (C=O) groups excluding carboxylic acids is 1. The van der Waals surface area contributed by atoms with Crippen molar-refractivity contribution in [3.05, 3.63) is 82.7 Å². The van der Waals surface area contributed by atoms with Gasteiger partial charge in [0.15, 0.2) is 0 Å². The first-order valence-corrected chi connectivity index (χ1v) is 8.97. The van der Waals surface area contributed by atoms with Gasteiger partial charge in [0.1, 0.15) is 11.6 Å². The van der Waals surface area contributed by atoms with Gasteiger partial charge < -0.3 is 15.6 Å². The Morgan fingerprint density at radius 3 is 2.74 bits per heavy atom. The highest BCUT2D eigenvalue weighted by Gasteiger charge is 2.09. The summed E-state index contributed by atoms with van der Waals surface area (Å²) in [6.45, 7) is 0.887. The summed E-state index contributed by atoms with van der Waals surface area (Å²) in [7, 11) is 0. The number of benzene rings is 2. The standard InChI is InChI=1S/C21H19ClN4O/c22-19-7-3-1-5-16(19)14-26-21(27)17(11-23)12-24-10-9-15-13-25-20-8-4-2-6-18(15)20/h1-8,12-13,24-25H,9-10,14H2,(H,26,27)/b17-12-. The lowest BCUT2D eigenvalue weighted by Crippen LogP contribution is -2.25. The highest BCUT2D eigenvalue weighted by atomic mass is 35.5. The van der Waals surface area contributed by atoms with Crippen molar-refractivity contribution in [3.8, 4) is 6.07 Å². The Hall–Kier alpha value is -3.23. The topological polar surface area (TPSA) is 80.7 Å². The van der Waals surface area contributed by atoms with E-state index in [1.165, 1.54) is 17.1 Å². The van der Waals surface area contributed by atoms with E-state index in [0.717, 1.165) is 17.5 Å². The smallest absolute Gasteiger partial charge is 0.263 e. The lowest BCUT2D eigenvalue weighted by Gasteiger charge is -2.07. The number of nitriles is 1. The van der Waals surface area contributed by atoms with E-state index < -0.39 is 5.91 Å². The number of hydrogen-bond donors (Lipinski definition) is 3. The van der Waals surface area contributed by atoms with Gasteiger partial charge in [0, 0.05) is 41.4 Å². The van der Waals surface area contributed by atoms with Crippen LogP contribution in [0.15, 0.2) is 66.5 Å². The zero-order valence-corrected chi connectivity index (χ0v) is 15.4. The van der Waals surface area contributed by atoms with Gasteiger partial charge in [0.25, 0.3) is 5.91 Å². The summed E-state index contributed by atoms with van der Waals surface area (Å²) >= 11 is 6.07. The molecule has 3 N–H and O–H groups in total. The number of carbonyl (C=O) groups is 1. The van der Waals surface area contributed by atoms with Gasteiger partial charge in [-0.15, -0.1) is 0 Å². The largest absolute Gasteiger partial charge is 0.389 e. The van der Waals surface area contributed by atoms with Gasteiger partial charge in [-0.3, -0.25) is 4.79 Å². The lowest BCUT2D eigenvalue weighted by atomic mass is 10.1. The van der Waals surface area contributed by atoms with Crippen molar-refractivity contribution in [2.24, 2.45) is 0 Å². The SMILES string of the molecule is N#C/C(=C/NCCc1c[nH]c2ccccc12)C(=O)NCc1ccccc1Cl. The zero-order valence-electron chi connectivity index (χ0n) is 14.6. The molecule has 0 unspecified atom stereocenters. The number of H-pyrrole nitrogens is 1. The van der Waals surface area contributed by atoms with Crippen LogP contribution in [0.25, 0.3) is 10.9 Å². The summed E-state index contributed by atoms with van der Waals surface area (Å²) in [5.41, 5.74) is 3.12. The Balaban J connectivity index is 1.52. The minimum Gasteiger partial charge on any atom is -0.389 e. The van der Waals surface area contributed by atoms with Crippen molar-refractivity contribution in [2.45, 2.75) is 13.0 Å². The normalized spacial score (nSPS) is 11.2. The first kappa shape index (κ1) is 18.6. The van der Waals surface area contributed by atoms with E-state index in [1.54, 1.807) is 6.07 Å². The molecule has 1 amide bonds. The molecule has 6 heteroatoms. The molecule has 0 fully saturated rings. The third kappa shape index (κ3) is 4.69. The number of nitrogens with zero attached hydrogens (tertiary/aromatic N) is 1. The van der Waals surface area contributed by atoms with Crippen molar-refractivity contribution in [1.82, 2.24) is 15.6 Å². The number of halogens is 1. The minimum absolute atomic E-state index is 0.0287. The van der Waals surface area contributed by atoms with E-state index in [-0.39, 0.29) is 12.1 Å². The monoisotopic (exact) mass is 378 g/mol. The molecule has 5 nitrogen and oxygen atoms in total. The Morgan fingerprint density at radius 1 is 1.15 bits per heavy atom. The zero-order chi connectivity index (χ0) is 19.1. The summed E-state index contributed by atoms with van der Waals surface area (Å²) < 4.78 is 0. The van der Waals surface area contributed by atoms with Gasteiger partial charge in [-0.05, 0) is 29.7 Å². The van der Waals surface area contributed by atoms with E-state index in [4.69, 9.17) is 11.6 Å². The van der Waals surface area contributed by atoms with Crippen molar-refractivity contribution < 1.29 is 4.79 Å². The van der Waals surface area contributed by atoms with Gasteiger partial charge in [0.2, 0.25) is 0 Å². The third-order valence-corrected chi connectivity index (χ3v) is 4.59. The van der Waals surface area contributed by atoms with Crippen LogP contribution in [0.3, 0.4) is 0 Å². The molecule has 0 radical (unpaired) electrons. The Labute approximate surface area is 162 Å². The molecule has 0 aliphatic carbocycles.